The zero-order chi connectivity index (χ0) is 20.5. The fourth-order valence-corrected chi connectivity index (χ4v) is 2.36. The van der Waals surface area contributed by atoms with E-state index in [9.17, 15) is 24.1 Å². The molecule has 2 rings (SSSR count). The van der Waals surface area contributed by atoms with Gasteiger partial charge in [-0.05, 0) is 37.1 Å². The predicted molar refractivity (Wildman–Crippen MR) is 102 cm³/mol. The molecule has 0 fully saturated rings. The van der Waals surface area contributed by atoms with E-state index in [1.165, 1.54) is 18.2 Å². The number of hydrogen-bond acceptors (Lipinski definition) is 6. The molecule has 8 nitrogen and oxygen atoms in total. The molecule has 0 bridgehead atoms. The van der Waals surface area contributed by atoms with Gasteiger partial charge in [0.25, 0.3) is 11.6 Å². The first kappa shape index (κ1) is 20.8. The van der Waals surface area contributed by atoms with E-state index in [1.807, 2.05) is 0 Å². The van der Waals surface area contributed by atoms with Gasteiger partial charge in [-0.15, -0.1) is 0 Å². The Hall–Kier alpha value is -3.49. The maximum atomic E-state index is 13.7. The number of benzene rings is 2. The highest BCUT2D eigenvalue weighted by molar-refractivity contribution is 5.92. The van der Waals surface area contributed by atoms with E-state index in [0.717, 1.165) is 5.56 Å². The molecule has 148 valence electrons. The molecule has 0 aliphatic rings. The summed E-state index contributed by atoms with van der Waals surface area (Å²) in [5.74, 6) is -1.81. The summed E-state index contributed by atoms with van der Waals surface area (Å²) in [6.45, 7) is 1.52. The first-order valence-corrected chi connectivity index (χ1v) is 8.55. The molecule has 2 aromatic rings. The van der Waals surface area contributed by atoms with Gasteiger partial charge < -0.3 is 15.4 Å². The molecule has 0 radical (unpaired) electrons. The summed E-state index contributed by atoms with van der Waals surface area (Å²) < 4.78 is 18.5. The number of hydrogen-bond donors (Lipinski definition) is 2. The van der Waals surface area contributed by atoms with E-state index >= 15 is 0 Å². The fourth-order valence-electron chi connectivity index (χ4n) is 2.36. The van der Waals surface area contributed by atoms with E-state index in [2.05, 4.69) is 10.6 Å². The molecule has 0 unspecified atom stereocenters. The molecule has 0 spiro atoms. The average molecular weight is 389 g/mol. The van der Waals surface area contributed by atoms with Crippen molar-refractivity contribution in [3.63, 3.8) is 0 Å². The van der Waals surface area contributed by atoms with Gasteiger partial charge in [0.2, 0.25) is 0 Å². The maximum absolute atomic E-state index is 13.7. The SMILES string of the molecule is Cc1ccc(NC(=O)COC(=O)CCCNc2ccccc2[N+](=O)[O-])c(F)c1. The Morgan fingerprint density at radius 2 is 1.93 bits per heavy atom. The third-order valence-electron chi connectivity index (χ3n) is 3.74. The number of nitrogens with one attached hydrogen (secondary N) is 2. The minimum absolute atomic E-state index is 0.0142. The molecule has 0 aliphatic carbocycles. The van der Waals surface area contributed by atoms with E-state index < -0.39 is 29.2 Å². The van der Waals surface area contributed by atoms with Crippen LogP contribution in [0.2, 0.25) is 0 Å². The fraction of sp³-hybridized carbons (Fsp3) is 0.263. The number of nitrogens with zero attached hydrogens (tertiary/aromatic N) is 1. The van der Waals surface area contributed by atoms with Crippen molar-refractivity contribution < 1.29 is 23.6 Å². The highest BCUT2D eigenvalue weighted by Gasteiger charge is 2.13. The van der Waals surface area contributed by atoms with Gasteiger partial charge in [0.1, 0.15) is 11.5 Å². The van der Waals surface area contributed by atoms with Gasteiger partial charge >= 0.3 is 5.97 Å². The van der Waals surface area contributed by atoms with Crippen LogP contribution in [0.15, 0.2) is 42.5 Å². The zero-order valence-electron chi connectivity index (χ0n) is 15.2. The lowest BCUT2D eigenvalue weighted by Gasteiger charge is -2.09. The highest BCUT2D eigenvalue weighted by atomic mass is 19.1. The van der Waals surface area contributed by atoms with Crippen LogP contribution in [-0.2, 0) is 14.3 Å². The Morgan fingerprint density at radius 1 is 1.18 bits per heavy atom. The summed E-state index contributed by atoms with van der Waals surface area (Å²) in [4.78, 5) is 33.8. The van der Waals surface area contributed by atoms with Crippen molar-refractivity contribution in [2.45, 2.75) is 19.8 Å². The smallest absolute Gasteiger partial charge is 0.306 e. The number of carbonyl (C=O) groups excluding carboxylic acids is 2. The van der Waals surface area contributed by atoms with Gasteiger partial charge in [-0.25, -0.2) is 4.39 Å². The van der Waals surface area contributed by atoms with Gasteiger partial charge in [0.15, 0.2) is 6.61 Å². The van der Waals surface area contributed by atoms with E-state index in [-0.39, 0.29) is 17.8 Å². The topological polar surface area (TPSA) is 111 Å². The summed E-state index contributed by atoms with van der Waals surface area (Å²) in [5.41, 5.74) is 1.04. The Kier molecular flexibility index (Phi) is 7.44. The molecule has 0 saturated carbocycles. The molecular formula is C19H20FN3O5. The van der Waals surface area contributed by atoms with E-state index in [4.69, 9.17) is 4.74 Å². The first-order chi connectivity index (χ1) is 13.4. The highest BCUT2D eigenvalue weighted by Crippen LogP contribution is 2.23. The molecule has 28 heavy (non-hydrogen) atoms. The Balaban J connectivity index is 1.69. The predicted octanol–water partition coefficient (Wildman–Crippen LogP) is 3.42. The third-order valence-corrected chi connectivity index (χ3v) is 3.74. The zero-order valence-corrected chi connectivity index (χ0v) is 15.2. The molecule has 0 aliphatic heterocycles. The lowest BCUT2D eigenvalue weighted by Crippen LogP contribution is -2.21. The number of halogens is 1. The molecule has 1 amide bonds. The van der Waals surface area contributed by atoms with Crippen molar-refractivity contribution in [3.05, 3.63) is 64.0 Å². The Bertz CT molecular complexity index is 872. The van der Waals surface area contributed by atoms with Gasteiger partial charge in [0.05, 0.1) is 10.6 Å². The van der Waals surface area contributed by atoms with Crippen molar-refractivity contribution in [1.82, 2.24) is 0 Å². The van der Waals surface area contributed by atoms with Gasteiger partial charge in [0, 0.05) is 19.0 Å². The van der Waals surface area contributed by atoms with Crippen molar-refractivity contribution in [2.75, 3.05) is 23.8 Å². The monoisotopic (exact) mass is 389 g/mol. The summed E-state index contributed by atoms with van der Waals surface area (Å²) in [6.07, 6.45) is 0.388. The summed E-state index contributed by atoms with van der Waals surface area (Å²) in [5, 5.41) is 16.1. The lowest BCUT2D eigenvalue weighted by molar-refractivity contribution is -0.384. The van der Waals surface area contributed by atoms with E-state index in [1.54, 1.807) is 31.2 Å². The largest absolute Gasteiger partial charge is 0.456 e. The van der Waals surface area contributed by atoms with Crippen LogP contribution < -0.4 is 10.6 Å². The second-order valence-corrected chi connectivity index (χ2v) is 6.00. The molecular weight excluding hydrogens is 369 g/mol. The van der Waals surface area contributed by atoms with Crippen molar-refractivity contribution in [1.29, 1.82) is 0 Å². The van der Waals surface area contributed by atoms with Gasteiger partial charge in [-0.2, -0.15) is 0 Å². The van der Waals surface area contributed by atoms with Crippen LogP contribution >= 0.6 is 0 Å². The van der Waals surface area contributed by atoms with E-state index in [0.29, 0.717) is 18.7 Å². The number of carbonyl (C=O) groups is 2. The number of para-hydroxylation sites is 2. The molecule has 0 aromatic heterocycles. The standard InChI is InChI=1S/C19H20FN3O5/c1-13-8-9-15(14(20)11-13)22-18(24)12-28-19(25)7-4-10-21-16-5-2-3-6-17(16)23(26)27/h2-3,5-6,8-9,11,21H,4,7,10,12H2,1H3,(H,22,24). The number of esters is 1. The van der Waals surface area contributed by atoms with Crippen molar-refractivity contribution in [3.8, 4) is 0 Å². The van der Waals surface area contributed by atoms with Crippen LogP contribution in [0.3, 0.4) is 0 Å². The number of ether oxygens (including phenoxy) is 1. The number of rotatable bonds is 9. The quantitative estimate of drug-likeness (QED) is 0.294. The molecule has 2 aromatic carbocycles. The number of aryl methyl sites for hydroxylation is 1. The maximum Gasteiger partial charge on any atom is 0.306 e. The normalized spacial score (nSPS) is 10.2. The van der Waals surface area contributed by atoms with Crippen molar-refractivity contribution in [2.24, 2.45) is 0 Å². The van der Waals surface area contributed by atoms with Crippen LogP contribution in [0.1, 0.15) is 18.4 Å². The van der Waals surface area contributed by atoms with Crippen LogP contribution in [0.4, 0.5) is 21.5 Å². The first-order valence-electron chi connectivity index (χ1n) is 8.55. The number of amides is 1. The molecule has 0 atom stereocenters. The number of nitro benzene ring substituents is 1. The Labute approximate surface area is 160 Å². The van der Waals surface area contributed by atoms with Crippen molar-refractivity contribution >= 4 is 28.9 Å². The second kappa shape index (κ2) is 10.0. The minimum atomic E-state index is -0.644. The Morgan fingerprint density at radius 3 is 2.64 bits per heavy atom. The van der Waals surface area contributed by atoms with Crippen LogP contribution in [-0.4, -0.2) is 30.0 Å². The summed E-state index contributed by atoms with van der Waals surface area (Å²) in [7, 11) is 0. The van der Waals surface area contributed by atoms with Gasteiger partial charge in [-0.1, -0.05) is 18.2 Å². The molecule has 0 saturated heterocycles. The lowest BCUT2D eigenvalue weighted by atomic mass is 10.2. The average Bonchev–Trinajstić information content (AvgIpc) is 2.66. The number of nitro groups is 1. The minimum Gasteiger partial charge on any atom is -0.456 e. The summed E-state index contributed by atoms with van der Waals surface area (Å²) in [6, 6.07) is 10.5. The summed E-state index contributed by atoms with van der Waals surface area (Å²) >= 11 is 0. The van der Waals surface area contributed by atoms with Gasteiger partial charge in [-0.3, -0.25) is 19.7 Å². The van der Waals surface area contributed by atoms with Crippen LogP contribution in [0, 0.1) is 22.9 Å². The second-order valence-electron chi connectivity index (χ2n) is 6.00. The van der Waals surface area contributed by atoms with Crippen LogP contribution in [0.5, 0.6) is 0 Å². The molecule has 0 heterocycles. The molecule has 2 N–H and O–H groups in total. The molecule has 9 heteroatoms. The van der Waals surface area contributed by atoms with Crippen LogP contribution in [0.25, 0.3) is 0 Å². The third kappa shape index (κ3) is 6.35. The number of anilines is 2.